The van der Waals surface area contributed by atoms with Crippen LogP contribution in [0.2, 0.25) is 0 Å². The normalized spacial score (nSPS) is 35.7. The Balaban J connectivity index is 3.17. The summed E-state index contributed by atoms with van der Waals surface area (Å²) in [5.74, 6) is -2.03. The molecule has 0 bridgehead atoms. The Hall–Kier alpha value is -0.240. The highest BCUT2D eigenvalue weighted by atomic mass is 16.9. The van der Waals surface area contributed by atoms with Gasteiger partial charge in [-0.2, -0.15) is 0 Å². The fraction of sp³-hybridized carbons (Fsp3) is 1.00. The van der Waals surface area contributed by atoms with E-state index in [-0.39, 0.29) is 0 Å². The minimum atomic E-state index is -1.01. The Morgan fingerprint density at radius 2 is 1.00 bits per heavy atom. The van der Waals surface area contributed by atoms with Gasteiger partial charge in [-0.05, 0) is 27.7 Å². The van der Waals surface area contributed by atoms with Crippen molar-refractivity contribution < 1.29 is 28.4 Å². The Kier molecular flexibility index (Phi) is 8.24. The highest BCUT2D eigenvalue weighted by Gasteiger charge is 2.61. The molecule has 1 rings (SSSR count). The van der Waals surface area contributed by atoms with Crippen LogP contribution < -0.4 is 0 Å². The van der Waals surface area contributed by atoms with Crippen LogP contribution in [0.5, 0.6) is 0 Å². The molecule has 0 spiro atoms. The molecule has 0 aromatic heterocycles. The van der Waals surface area contributed by atoms with Crippen molar-refractivity contribution in [2.45, 2.75) is 78.5 Å². The van der Waals surface area contributed by atoms with Crippen LogP contribution in [0, 0.1) is 0 Å². The van der Waals surface area contributed by atoms with Crippen LogP contribution >= 0.6 is 0 Å². The topological polar surface area (TPSA) is 55.4 Å². The molecule has 1 aliphatic rings. The van der Waals surface area contributed by atoms with E-state index in [0.717, 1.165) is 0 Å². The largest absolute Gasteiger partial charge is 0.348 e. The van der Waals surface area contributed by atoms with Gasteiger partial charge in [-0.25, -0.2) is 0 Å². The van der Waals surface area contributed by atoms with Gasteiger partial charge < -0.3 is 28.4 Å². The van der Waals surface area contributed by atoms with E-state index in [4.69, 9.17) is 28.4 Å². The molecular formula is C16H32O6. The molecular weight excluding hydrogens is 288 g/mol. The average molecular weight is 320 g/mol. The smallest absolute Gasteiger partial charge is 0.226 e. The van der Waals surface area contributed by atoms with Crippen LogP contribution in [0.4, 0.5) is 0 Å². The maximum Gasteiger partial charge on any atom is 0.226 e. The molecule has 22 heavy (non-hydrogen) atoms. The van der Waals surface area contributed by atoms with Crippen LogP contribution in [-0.2, 0) is 28.4 Å². The Bertz CT molecular complexity index is 283. The third kappa shape index (κ3) is 3.80. The standard InChI is InChI=1S/C16H32O6/c1-7-15(19-11-5)16(8-2,20-12-6)22-14(18-10-4)13(21-15)17-9-3/h13-14H,7-12H2,1-6H3. The number of ether oxygens (including phenoxy) is 6. The van der Waals surface area contributed by atoms with Gasteiger partial charge in [-0.1, -0.05) is 13.8 Å². The summed E-state index contributed by atoms with van der Waals surface area (Å²) in [5.41, 5.74) is 0. The molecule has 0 aliphatic carbocycles. The maximum absolute atomic E-state index is 6.21. The first-order chi connectivity index (χ1) is 10.6. The van der Waals surface area contributed by atoms with Gasteiger partial charge in [0.25, 0.3) is 0 Å². The minimum Gasteiger partial charge on any atom is -0.348 e. The molecule has 4 unspecified atom stereocenters. The summed E-state index contributed by atoms with van der Waals surface area (Å²) in [4.78, 5) is 0. The van der Waals surface area contributed by atoms with E-state index in [2.05, 4.69) is 0 Å². The molecule has 0 saturated carbocycles. The highest BCUT2D eigenvalue weighted by molar-refractivity contribution is 4.92. The molecule has 0 amide bonds. The van der Waals surface area contributed by atoms with Crippen molar-refractivity contribution in [3.8, 4) is 0 Å². The first-order valence-corrected chi connectivity index (χ1v) is 8.45. The van der Waals surface area contributed by atoms with Gasteiger partial charge in [0.05, 0.1) is 0 Å². The summed E-state index contributed by atoms with van der Waals surface area (Å²) in [7, 11) is 0. The molecule has 1 aliphatic heterocycles. The Labute approximate surface area is 134 Å². The molecule has 0 radical (unpaired) electrons. The molecule has 0 N–H and O–H groups in total. The predicted molar refractivity (Wildman–Crippen MR) is 82.3 cm³/mol. The SMILES string of the molecule is CCOC1OC(CC)(OCC)C(CC)(OCC)OC1OCC. The average Bonchev–Trinajstić information content (AvgIpc) is 2.52. The molecule has 6 heteroatoms. The fourth-order valence-corrected chi connectivity index (χ4v) is 2.88. The molecule has 6 nitrogen and oxygen atoms in total. The van der Waals surface area contributed by atoms with Gasteiger partial charge in [0.2, 0.25) is 24.2 Å². The van der Waals surface area contributed by atoms with Gasteiger partial charge in [0.15, 0.2) is 0 Å². The lowest BCUT2D eigenvalue weighted by Crippen LogP contribution is -2.68. The lowest BCUT2D eigenvalue weighted by molar-refractivity contribution is -0.518. The van der Waals surface area contributed by atoms with Crippen LogP contribution in [0.3, 0.4) is 0 Å². The molecule has 0 aromatic rings. The van der Waals surface area contributed by atoms with Gasteiger partial charge >= 0.3 is 0 Å². The monoisotopic (exact) mass is 320 g/mol. The van der Waals surface area contributed by atoms with Crippen molar-refractivity contribution >= 4 is 0 Å². The van der Waals surface area contributed by atoms with Crippen molar-refractivity contribution in [1.29, 1.82) is 0 Å². The van der Waals surface area contributed by atoms with Crippen LogP contribution in [0.25, 0.3) is 0 Å². The van der Waals surface area contributed by atoms with Crippen LogP contribution in [0.1, 0.15) is 54.4 Å². The molecule has 4 atom stereocenters. The molecule has 1 fully saturated rings. The quantitative estimate of drug-likeness (QED) is 0.617. The third-order valence-electron chi connectivity index (χ3n) is 3.76. The summed E-state index contributed by atoms with van der Waals surface area (Å²) >= 11 is 0. The van der Waals surface area contributed by atoms with Crippen LogP contribution in [-0.4, -0.2) is 50.6 Å². The summed E-state index contributed by atoms with van der Waals surface area (Å²) in [6.45, 7) is 13.6. The van der Waals surface area contributed by atoms with E-state index >= 15 is 0 Å². The van der Waals surface area contributed by atoms with E-state index in [1.165, 1.54) is 0 Å². The summed E-state index contributed by atoms with van der Waals surface area (Å²) in [5, 5.41) is 0. The second-order valence-corrected chi connectivity index (χ2v) is 4.96. The van der Waals surface area contributed by atoms with Gasteiger partial charge in [-0.15, -0.1) is 0 Å². The minimum absolute atomic E-state index is 0.490. The Morgan fingerprint density at radius 1 is 0.636 bits per heavy atom. The third-order valence-corrected chi connectivity index (χ3v) is 3.76. The first kappa shape index (κ1) is 19.8. The first-order valence-electron chi connectivity index (χ1n) is 8.45. The predicted octanol–water partition coefficient (Wildman–Crippen LogP) is 3.04. The van der Waals surface area contributed by atoms with Crippen LogP contribution in [0.15, 0.2) is 0 Å². The van der Waals surface area contributed by atoms with Gasteiger partial charge in [0.1, 0.15) is 0 Å². The van der Waals surface area contributed by atoms with Crippen molar-refractivity contribution in [2.24, 2.45) is 0 Å². The zero-order valence-corrected chi connectivity index (χ0v) is 14.8. The molecule has 0 aromatic carbocycles. The van der Waals surface area contributed by atoms with Gasteiger partial charge in [0, 0.05) is 39.3 Å². The van der Waals surface area contributed by atoms with Gasteiger partial charge in [-0.3, -0.25) is 0 Å². The van der Waals surface area contributed by atoms with Crippen molar-refractivity contribution in [3.05, 3.63) is 0 Å². The van der Waals surface area contributed by atoms with Crippen molar-refractivity contribution in [1.82, 2.24) is 0 Å². The van der Waals surface area contributed by atoms with E-state index in [0.29, 0.717) is 39.3 Å². The lowest BCUT2D eigenvalue weighted by atomic mass is 9.97. The lowest BCUT2D eigenvalue weighted by Gasteiger charge is -2.54. The van der Waals surface area contributed by atoms with E-state index in [9.17, 15) is 0 Å². The molecule has 132 valence electrons. The maximum atomic E-state index is 6.21. The summed E-state index contributed by atoms with van der Waals surface area (Å²) in [6, 6.07) is 0. The fourth-order valence-electron chi connectivity index (χ4n) is 2.88. The second kappa shape index (κ2) is 9.15. The summed E-state index contributed by atoms with van der Waals surface area (Å²) in [6.07, 6.45) is -0.123. The highest BCUT2D eigenvalue weighted by Crippen LogP contribution is 2.45. The van der Waals surface area contributed by atoms with Crippen molar-refractivity contribution in [2.75, 3.05) is 26.4 Å². The molecule has 1 heterocycles. The Morgan fingerprint density at radius 3 is 1.23 bits per heavy atom. The van der Waals surface area contributed by atoms with Crippen molar-refractivity contribution in [3.63, 3.8) is 0 Å². The second-order valence-electron chi connectivity index (χ2n) is 4.96. The van der Waals surface area contributed by atoms with E-state index < -0.39 is 24.2 Å². The zero-order chi connectivity index (χ0) is 16.6. The summed E-state index contributed by atoms with van der Waals surface area (Å²) < 4.78 is 35.7. The number of hydrogen-bond acceptors (Lipinski definition) is 6. The number of rotatable bonds is 10. The molecule has 1 saturated heterocycles. The van der Waals surface area contributed by atoms with E-state index in [1.807, 2.05) is 41.5 Å². The number of hydrogen-bond donors (Lipinski definition) is 0. The van der Waals surface area contributed by atoms with E-state index in [1.54, 1.807) is 0 Å². The zero-order valence-electron chi connectivity index (χ0n) is 14.8.